The van der Waals surface area contributed by atoms with Gasteiger partial charge in [0.05, 0.1) is 13.2 Å². The summed E-state index contributed by atoms with van der Waals surface area (Å²) in [6, 6.07) is 1.37. The largest absolute Gasteiger partial charge is 0.378 e. The Balaban J connectivity index is 1.66. The maximum atomic E-state index is 5.55. The third-order valence-electron chi connectivity index (χ3n) is 4.11. The van der Waals surface area contributed by atoms with Crippen LogP contribution in [0.2, 0.25) is 0 Å². The van der Waals surface area contributed by atoms with Crippen molar-refractivity contribution < 1.29 is 4.74 Å². The highest BCUT2D eigenvalue weighted by Crippen LogP contribution is 2.33. The second-order valence-corrected chi connectivity index (χ2v) is 4.92. The predicted octanol–water partition coefficient (Wildman–Crippen LogP) is 0.459. The summed E-state index contributed by atoms with van der Waals surface area (Å²) >= 11 is 0. The number of fused-ring (bicyclic) bond motifs is 3. The molecule has 3 nitrogen and oxygen atoms in total. The van der Waals surface area contributed by atoms with Crippen molar-refractivity contribution in [2.24, 2.45) is 5.92 Å². The molecule has 4 saturated heterocycles. The van der Waals surface area contributed by atoms with Crippen LogP contribution in [0.4, 0.5) is 0 Å². The van der Waals surface area contributed by atoms with Crippen LogP contribution in [-0.4, -0.2) is 49.8 Å². The number of piperidine rings is 3. The normalized spacial score (nSPS) is 48.0. The molecule has 2 bridgehead atoms. The number of nitrogens with one attached hydrogen (secondary N) is 1. The van der Waals surface area contributed by atoms with Crippen molar-refractivity contribution in [1.29, 1.82) is 0 Å². The standard InChI is InChI=1S/C11H20N2O/c1-4-13-5-2-9(1)7-11(13)10-8-14-6-3-12-10/h9-12H,1-8H2. The van der Waals surface area contributed by atoms with Crippen molar-refractivity contribution in [3.63, 3.8) is 0 Å². The van der Waals surface area contributed by atoms with Gasteiger partial charge in [-0.05, 0) is 38.3 Å². The number of morpholine rings is 1. The van der Waals surface area contributed by atoms with E-state index in [9.17, 15) is 0 Å². The van der Waals surface area contributed by atoms with Crippen LogP contribution in [0.25, 0.3) is 0 Å². The summed E-state index contributed by atoms with van der Waals surface area (Å²) in [6.45, 7) is 5.52. The van der Waals surface area contributed by atoms with Gasteiger partial charge in [0.1, 0.15) is 0 Å². The maximum Gasteiger partial charge on any atom is 0.0635 e. The van der Waals surface area contributed by atoms with Crippen LogP contribution in [0.5, 0.6) is 0 Å². The third kappa shape index (κ3) is 1.58. The smallest absolute Gasteiger partial charge is 0.0635 e. The lowest BCUT2D eigenvalue weighted by molar-refractivity contribution is -0.0152. The lowest BCUT2D eigenvalue weighted by Crippen LogP contribution is -2.60. The van der Waals surface area contributed by atoms with Gasteiger partial charge in [-0.3, -0.25) is 4.90 Å². The fourth-order valence-corrected chi connectivity index (χ4v) is 3.26. The summed E-state index contributed by atoms with van der Waals surface area (Å²) in [7, 11) is 0. The highest BCUT2D eigenvalue weighted by Gasteiger charge is 2.38. The van der Waals surface area contributed by atoms with E-state index in [1.54, 1.807) is 0 Å². The van der Waals surface area contributed by atoms with Crippen molar-refractivity contribution in [2.45, 2.75) is 31.3 Å². The SMILES string of the molecule is C1COCC(C2CC3CCN2CC3)N1. The van der Waals surface area contributed by atoms with Gasteiger partial charge in [0.2, 0.25) is 0 Å². The van der Waals surface area contributed by atoms with Crippen LogP contribution in [0, 0.1) is 5.92 Å². The fraction of sp³-hybridized carbons (Fsp3) is 1.00. The van der Waals surface area contributed by atoms with Gasteiger partial charge in [-0.1, -0.05) is 0 Å². The molecule has 0 aromatic heterocycles. The molecule has 0 aliphatic carbocycles. The number of hydrogen-bond acceptors (Lipinski definition) is 3. The topological polar surface area (TPSA) is 24.5 Å². The summed E-state index contributed by atoms with van der Waals surface area (Å²) in [4.78, 5) is 2.67. The molecule has 1 N–H and O–H groups in total. The van der Waals surface area contributed by atoms with Gasteiger partial charge in [-0.15, -0.1) is 0 Å². The molecule has 4 aliphatic heterocycles. The minimum absolute atomic E-state index is 0.604. The molecule has 0 amide bonds. The van der Waals surface area contributed by atoms with E-state index in [0.29, 0.717) is 6.04 Å². The zero-order valence-electron chi connectivity index (χ0n) is 8.74. The lowest BCUT2D eigenvalue weighted by Gasteiger charge is -2.49. The lowest BCUT2D eigenvalue weighted by atomic mass is 9.80. The molecule has 4 rings (SSSR count). The second-order valence-electron chi connectivity index (χ2n) is 4.92. The Bertz CT molecular complexity index is 195. The van der Waals surface area contributed by atoms with Crippen molar-refractivity contribution in [3.05, 3.63) is 0 Å². The molecule has 0 aromatic carbocycles. The van der Waals surface area contributed by atoms with E-state index >= 15 is 0 Å². The first-order chi connectivity index (χ1) is 6.93. The van der Waals surface area contributed by atoms with E-state index in [1.807, 2.05) is 0 Å². The summed E-state index contributed by atoms with van der Waals surface area (Å²) in [5, 5.41) is 3.61. The predicted molar refractivity (Wildman–Crippen MR) is 55.3 cm³/mol. The van der Waals surface area contributed by atoms with E-state index in [-0.39, 0.29) is 0 Å². The number of nitrogens with zero attached hydrogens (tertiary/aromatic N) is 1. The molecule has 0 saturated carbocycles. The average Bonchev–Trinajstić information content (AvgIpc) is 2.32. The Hall–Kier alpha value is -0.120. The van der Waals surface area contributed by atoms with Gasteiger partial charge in [-0.25, -0.2) is 0 Å². The monoisotopic (exact) mass is 196 g/mol. The first kappa shape index (κ1) is 9.13. The molecule has 0 spiro atoms. The third-order valence-corrected chi connectivity index (χ3v) is 4.11. The van der Waals surface area contributed by atoms with Crippen LogP contribution in [0.1, 0.15) is 19.3 Å². The van der Waals surface area contributed by atoms with Crippen LogP contribution < -0.4 is 5.32 Å². The molecule has 4 heterocycles. The molecular formula is C11H20N2O. The van der Waals surface area contributed by atoms with Crippen LogP contribution in [0.15, 0.2) is 0 Å². The molecule has 2 unspecified atom stereocenters. The molecule has 80 valence electrons. The van der Waals surface area contributed by atoms with Gasteiger partial charge >= 0.3 is 0 Å². The molecule has 4 aliphatic rings. The van der Waals surface area contributed by atoms with Crippen molar-refractivity contribution >= 4 is 0 Å². The van der Waals surface area contributed by atoms with Crippen LogP contribution >= 0.6 is 0 Å². The molecule has 3 heteroatoms. The Labute approximate surface area is 85.8 Å². The first-order valence-corrected chi connectivity index (χ1v) is 5.98. The van der Waals surface area contributed by atoms with Gasteiger partial charge in [0.15, 0.2) is 0 Å². The zero-order chi connectivity index (χ0) is 9.38. The Morgan fingerprint density at radius 2 is 2.07 bits per heavy atom. The van der Waals surface area contributed by atoms with Gasteiger partial charge in [0, 0.05) is 18.6 Å². The minimum Gasteiger partial charge on any atom is -0.378 e. The second kappa shape index (κ2) is 3.80. The fourth-order valence-electron chi connectivity index (χ4n) is 3.26. The van der Waals surface area contributed by atoms with E-state index in [4.69, 9.17) is 4.74 Å². The van der Waals surface area contributed by atoms with Gasteiger partial charge in [0.25, 0.3) is 0 Å². The summed E-state index contributed by atoms with van der Waals surface area (Å²) in [5.41, 5.74) is 0. The quantitative estimate of drug-likeness (QED) is 0.659. The molecule has 0 radical (unpaired) electrons. The number of hydrogen-bond donors (Lipinski definition) is 1. The Kier molecular flexibility index (Phi) is 2.48. The Morgan fingerprint density at radius 1 is 1.21 bits per heavy atom. The molecule has 4 fully saturated rings. The van der Waals surface area contributed by atoms with E-state index in [0.717, 1.165) is 31.7 Å². The highest BCUT2D eigenvalue weighted by atomic mass is 16.5. The number of rotatable bonds is 1. The van der Waals surface area contributed by atoms with E-state index in [1.165, 1.54) is 32.4 Å². The van der Waals surface area contributed by atoms with Crippen molar-refractivity contribution in [3.8, 4) is 0 Å². The van der Waals surface area contributed by atoms with Crippen LogP contribution in [0.3, 0.4) is 0 Å². The molecule has 0 aromatic rings. The Morgan fingerprint density at radius 3 is 2.64 bits per heavy atom. The van der Waals surface area contributed by atoms with E-state index in [2.05, 4.69) is 10.2 Å². The summed E-state index contributed by atoms with van der Waals surface area (Å²) < 4.78 is 5.55. The van der Waals surface area contributed by atoms with E-state index < -0.39 is 0 Å². The van der Waals surface area contributed by atoms with Crippen molar-refractivity contribution in [2.75, 3.05) is 32.8 Å². The number of ether oxygens (including phenoxy) is 1. The van der Waals surface area contributed by atoms with Crippen LogP contribution in [-0.2, 0) is 4.74 Å². The first-order valence-electron chi connectivity index (χ1n) is 5.98. The van der Waals surface area contributed by atoms with Gasteiger partial charge < -0.3 is 10.1 Å². The summed E-state index contributed by atoms with van der Waals surface area (Å²) in [6.07, 6.45) is 4.27. The maximum absolute atomic E-state index is 5.55. The molecule has 2 atom stereocenters. The minimum atomic E-state index is 0.604. The highest BCUT2D eigenvalue weighted by molar-refractivity contribution is 4.94. The molecular weight excluding hydrogens is 176 g/mol. The van der Waals surface area contributed by atoms with Gasteiger partial charge in [-0.2, -0.15) is 0 Å². The molecule has 14 heavy (non-hydrogen) atoms. The average molecular weight is 196 g/mol. The summed E-state index contributed by atoms with van der Waals surface area (Å²) in [5.74, 6) is 1.01. The van der Waals surface area contributed by atoms with Crippen molar-refractivity contribution in [1.82, 2.24) is 10.2 Å². The zero-order valence-corrected chi connectivity index (χ0v) is 8.74.